The Bertz CT molecular complexity index is 431. The molecule has 2 rings (SSSR count). The zero-order valence-electron chi connectivity index (χ0n) is 10.2. The predicted molar refractivity (Wildman–Crippen MR) is 63.6 cm³/mol. The second-order valence-corrected chi connectivity index (χ2v) is 4.78. The largest absolute Gasteiger partial charge is 0.416 e. The molecule has 0 amide bonds. The minimum absolute atomic E-state index is 0.0918. The summed E-state index contributed by atoms with van der Waals surface area (Å²) in [7, 11) is 0. The van der Waals surface area contributed by atoms with E-state index in [9.17, 15) is 13.2 Å². The van der Waals surface area contributed by atoms with E-state index in [-0.39, 0.29) is 18.1 Å². The smallest absolute Gasteiger partial charge is 0.396 e. The van der Waals surface area contributed by atoms with Crippen molar-refractivity contribution in [1.29, 1.82) is 0 Å². The summed E-state index contributed by atoms with van der Waals surface area (Å²) in [5, 5.41) is 9.05. The molecule has 1 N–H and O–H groups in total. The van der Waals surface area contributed by atoms with Crippen molar-refractivity contribution in [2.24, 2.45) is 5.92 Å². The van der Waals surface area contributed by atoms with Crippen LogP contribution in [0.2, 0.25) is 0 Å². The number of rotatable bonds is 2. The van der Waals surface area contributed by atoms with E-state index in [0.717, 1.165) is 6.42 Å². The van der Waals surface area contributed by atoms with E-state index >= 15 is 0 Å². The highest BCUT2D eigenvalue weighted by Crippen LogP contribution is 2.35. The van der Waals surface area contributed by atoms with E-state index in [2.05, 4.69) is 0 Å². The normalized spacial score (nSPS) is 20.5. The maximum atomic E-state index is 12.8. The Morgan fingerprint density at radius 1 is 1.39 bits per heavy atom. The summed E-state index contributed by atoms with van der Waals surface area (Å²) >= 11 is 0. The van der Waals surface area contributed by atoms with Gasteiger partial charge in [-0.25, -0.2) is 0 Å². The monoisotopic (exact) mass is 259 g/mol. The average molecular weight is 259 g/mol. The lowest BCUT2D eigenvalue weighted by Crippen LogP contribution is -2.21. The molecule has 0 aliphatic carbocycles. The molecule has 18 heavy (non-hydrogen) atoms. The molecule has 1 aliphatic rings. The number of hydrogen-bond donors (Lipinski definition) is 1. The lowest BCUT2D eigenvalue weighted by atomic mass is 10.1. The third-order valence-corrected chi connectivity index (χ3v) is 3.44. The predicted octanol–water partition coefficient (Wildman–Crippen LogP) is 2.83. The zero-order valence-corrected chi connectivity index (χ0v) is 10.2. The fourth-order valence-electron chi connectivity index (χ4n) is 2.33. The summed E-state index contributed by atoms with van der Waals surface area (Å²) < 4.78 is 38.4. The van der Waals surface area contributed by atoms with Gasteiger partial charge in [-0.05, 0) is 31.0 Å². The second-order valence-electron chi connectivity index (χ2n) is 4.78. The molecular weight excluding hydrogens is 243 g/mol. The Labute approximate surface area is 104 Å². The van der Waals surface area contributed by atoms with Crippen LogP contribution in [0.4, 0.5) is 18.9 Å². The topological polar surface area (TPSA) is 23.5 Å². The fourth-order valence-corrected chi connectivity index (χ4v) is 2.33. The Balaban J connectivity index is 2.25. The molecule has 1 atom stereocenters. The van der Waals surface area contributed by atoms with E-state index in [1.54, 1.807) is 6.07 Å². The summed E-state index contributed by atoms with van der Waals surface area (Å²) in [6.45, 7) is 2.88. The highest BCUT2D eigenvalue weighted by atomic mass is 19.4. The first-order valence-corrected chi connectivity index (χ1v) is 5.95. The molecule has 0 spiro atoms. The Morgan fingerprint density at radius 3 is 2.67 bits per heavy atom. The van der Waals surface area contributed by atoms with Gasteiger partial charge in [0, 0.05) is 31.3 Å². The molecule has 2 nitrogen and oxygen atoms in total. The van der Waals surface area contributed by atoms with Gasteiger partial charge < -0.3 is 10.0 Å². The van der Waals surface area contributed by atoms with Crippen LogP contribution in [0.15, 0.2) is 18.2 Å². The van der Waals surface area contributed by atoms with E-state index in [1.165, 1.54) is 19.1 Å². The summed E-state index contributed by atoms with van der Waals surface area (Å²) in [5.74, 6) is 0.167. The van der Waals surface area contributed by atoms with Crippen molar-refractivity contribution in [2.45, 2.75) is 19.5 Å². The third-order valence-electron chi connectivity index (χ3n) is 3.44. The number of anilines is 1. The van der Waals surface area contributed by atoms with Crippen LogP contribution >= 0.6 is 0 Å². The van der Waals surface area contributed by atoms with Crippen molar-refractivity contribution < 1.29 is 18.3 Å². The standard InChI is InChI=1S/C13H16F3NO/c1-9-2-3-11(6-12(9)13(14,15)16)17-5-4-10(7-17)8-18/h2-3,6,10,18H,4-5,7-8H2,1H3. The highest BCUT2D eigenvalue weighted by molar-refractivity contribution is 5.52. The first kappa shape index (κ1) is 13.2. The fraction of sp³-hybridized carbons (Fsp3) is 0.538. The van der Waals surface area contributed by atoms with Gasteiger partial charge in [0.15, 0.2) is 0 Å². The van der Waals surface area contributed by atoms with Gasteiger partial charge in [0.05, 0.1) is 5.56 Å². The van der Waals surface area contributed by atoms with Crippen LogP contribution in [-0.2, 0) is 6.18 Å². The lowest BCUT2D eigenvalue weighted by Gasteiger charge is -2.21. The van der Waals surface area contributed by atoms with Crippen LogP contribution in [-0.4, -0.2) is 24.8 Å². The molecule has 1 aromatic rings. The van der Waals surface area contributed by atoms with Gasteiger partial charge in [-0.15, -0.1) is 0 Å². The number of aliphatic hydroxyl groups is 1. The van der Waals surface area contributed by atoms with E-state index in [0.29, 0.717) is 18.8 Å². The first-order chi connectivity index (χ1) is 8.41. The molecule has 1 saturated heterocycles. The molecule has 0 bridgehead atoms. The van der Waals surface area contributed by atoms with Crippen molar-refractivity contribution in [3.8, 4) is 0 Å². The van der Waals surface area contributed by atoms with Crippen LogP contribution in [0.1, 0.15) is 17.5 Å². The quantitative estimate of drug-likeness (QED) is 0.882. The molecule has 0 saturated carbocycles. The average Bonchev–Trinajstić information content (AvgIpc) is 2.76. The molecule has 1 aromatic carbocycles. The summed E-state index contributed by atoms with van der Waals surface area (Å²) in [6, 6.07) is 4.42. The summed E-state index contributed by atoms with van der Waals surface area (Å²) in [4.78, 5) is 1.90. The number of aliphatic hydroxyl groups excluding tert-OH is 1. The molecular formula is C13H16F3NO. The first-order valence-electron chi connectivity index (χ1n) is 5.95. The number of hydrogen-bond acceptors (Lipinski definition) is 2. The van der Waals surface area contributed by atoms with Gasteiger partial charge in [-0.1, -0.05) is 6.07 Å². The third kappa shape index (κ3) is 2.61. The molecule has 1 heterocycles. The molecule has 1 aliphatic heterocycles. The van der Waals surface area contributed by atoms with Crippen molar-refractivity contribution in [3.63, 3.8) is 0 Å². The minimum Gasteiger partial charge on any atom is -0.396 e. The number of aryl methyl sites for hydroxylation is 1. The highest BCUT2D eigenvalue weighted by Gasteiger charge is 2.33. The molecule has 0 radical (unpaired) electrons. The van der Waals surface area contributed by atoms with Crippen molar-refractivity contribution in [1.82, 2.24) is 0 Å². The molecule has 1 fully saturated rings. The lowest BCUT2D eigenvalue weighted by molar-refractivity contribution is -0.138. The van der Waals surface area contributed by atoms with Gasteiger partial charge in [-0.2, -0.15) is 13.2 Å². The van der Waals surface area contributed by atoms with Gasteiger partial charge >= 0.3 is 6.18 Å². The van der Waals surface area contributed by atoms with Gasteiger partial charge in [0.25, 0.3) is 0 Å². The molecule has 100 valence electrons. The van der Waals surface area contributed by atoms with Crippen LogP contribution in [0.25, 0.3) is 0 Å². The minimum atomic E-state index is -4.31. The molecule has 0 aromatic heterocycles. The van der Waals surface area contributed by atoms with E-state index in [1.807, 2.05) is 4.90 Å². The Hall–Kier alpha value is -1.23. The maximum absolute atomic E-state index is 12.8. The van der Waals surface area contributed by atoms with Crippen molar-refractivity contribution in [2.75, 3.05) is 24.6 Å². The van der Waals surface area contributed by atoms with Gasteiger partial charge in [-0.3, -0.25) is 0 Å². The molecule has 5 heteroatoms. The summed E-state index contributed by atoms with van der Waals surface area (Å²) in [5.41, 5.74) is 0.250. The summed E-state index contributed by atoms with van der Waals surface area (Å²) in [6.07, 6.45) is -3.48. The second kappa shape index (κ2) is 4.80. The van der Waals surface area contributed by atoms with Crippen LogP contribution in [0.5, 0.6) is 0 Å². The zero-order chi connectivity index (χ0) is 13.3. The SMILES string of the molecule is Cc1ccc(N2CCC(CO)C2)cc1C(F)(F)F. The maximum Gasteiger partial charge on any atom is 0.416 e. The number of benzene rings is 1. The van der Waals surface area contributed by atoms with Crippen molar-refractivity contribution >= 4 is 5.69 Å². The van der Waals surface area contributed by atoms with E-state index in [4.69, 9.17) is 5.11 Å². The van der Waals surface area contributed by atoms with Crippen molar-refractivity contribution in [3.05, 3.63) is 29.3 Å². The Kier molecular flexibility index (Phi) is 3.52. The number of alkyl halides is 3. The molecule has 1 unspecified atom stereocenters. The number of halogens is 3. The van der Waals surface area contributed by atoms with Gasteiger partial charge in [0.2, 0.25) is 0 Å². The van der Waals surface area contributed by atoms with E-state index < -0.39 is 11.7 Å². The number of nitrogens with zero attached hydrogens (tertiary/aromatic N) is 1. The van der Waals surface area contributed by atoms with Gasteiger partial charge in [0.1, 0.15) is 0 Å². The van der Waals surface area contributed by atoms with Crippen LogP contribution in [0, 0.1) is 12.8 Å². The van der Waals surface area contributed by atoms with Crippen LogP contribution < -0.4 is 4.90 Å². The Morgan fingerprint density at radius 2 is 2.11 bits per heavy atom. The van der Waals surface area contributed by atoms with Crippen LogP contribution in [0.3, 0.4) is 0 Å².